The summed E-state index contributed by atoms with van der Waals surface area (Å²) < 4.78 is 0. The first-order valence-corrected chi connectivity index (χ1v) is 6.67. The molecule has 20 heavy (non-hydrogen) atoms. The molecule has 0 saturated carbocycles. The second-order valence-electron chi connectivity index (χ2n) is 4.27. The Morgan fingerprint density at radius 2 is 1.90 bits per heavy atom. The first-order chi connectivity index (χ1) is 9.63. The minimum absolute atomic E-state index is 0.0177. The van der Waals surface area contributed by atoms with Crippen molar-refractivity contribution in [3.8, 4) is 5.75 Å². The van der Waals surface area contributed by atoms with Crippen molar-refractivity contribution in [2.45, 2.75) is 0 Å². The highest BCUT2D eigenvalue weighted by Crippen LogP contribution is 2.34. The third-order valence-electron chi connectivity index (χ3n) is 3.15. The SMILES string of the molecule is O=Cc1sccc1C1=CC(=O)c2c(O)cccc2C1=O. The fourth-order valence-corrected chi connectivity index (χ4v) is 2.95. The number of hydrogen-bond acceptors (Lipinski definition) is 5. The molecule has 0 atom stereocenters. The summed E-state index contributed by atoms with van der Waals surface area (Å²) in [5.74, 6) is -1.01. The summed E-state index contributed by atoms with van der Waals surface area (Å²) in [4.78, 5) is 35.9. The molecule has 0 amide bonds. The van der Waals surface area contributed by atoms with Crippen molar-refractivity contribution in [2.75, 3.05) is 0 Å². The Labute approximate surface area is 118 Å². The van der Waals surface area contributed by atoms with Gasteiger partial charge < -0.3 is 5.11 Å². The highest BCUT2D eigenvalue weighted by Gasteiger charge is 2.29. The molecule has 0 aliphatic heterocycles. The summed E-state index contributed by atoms with van der Waals surface area (Å²) in [6.07, 6.45) is 1.84. The Hall–Kier alpha value is -2.53. The zero-order valence-electron chi connectivity index (χ0n) is 10.1. The number of ketones is 2. The lowest BCUT2D eigenvalue weighted by atomic mass is 9.86. The number of phenols is 1. The highest BCUT2D eigenvalue weighted by atomic mass is 32.1. The van der Waals surface area contributed by atoms with Crippen molar-refractivity contribution in [2.24, 2.45) is 0 Å². The minimum atomic E-state index is -0.434. The second-order valence-corrected chi connectivity index (χ2v) is 5.22. The maximum atomic E-state index is 12.4. The minimum Gasteiger partial charge on any atom is -0.507 e. The van der Waals surface area contributed by atoms with Crippen molar-refractivity contribution in [1.82, 2.24) is 0 Å². The average Bonchev–Trinajstić information content (AvgIpc) is 2.90. The van der Waals surface area contributed by atoms with E-state index in [1.807, 2.05) is 0 Å². The number of fused-ring (bicyclic) bond motifs is 1. The van der Waals surface area contributed by atoms with E-state index in [4.69, 9.17) is 0 Å². The van der Waals surface area contributed by atoms with Crippen LogP contribution in [0, 0.1) is 0 Å². The third-order valence-corrected chi connectivity index (χ3v) is 3.99. The van der Waals surface area contributed by atoms with Crippen molar-refractivity contribution < 1.29 is 19.5 Å². The van der Waals surface area contributed by atoms with Crippen LogP contribution in [-0.4, -0.2) is 23.0 Å². The molecule has 1 N–H and O–H groups in total. The Morgan fingerprint density at radius 3 is 2.65 bits per heavy atom. The molecule has 1 aliphatic carbocycles. The number of benzene rings is 1. The van der Waals surface area contributed by atoms with E-state index in [1.165, 1.54) is 35.6 Å². The van der Waals surface area contributed by atoms with Crippen molar-refractivity contribution in [3.63, 3.8) is 0 Å². The quantitative estimate of drug-likeness (QED) is 0.861. The number of rotatable bonds is 2. The van der Waals surface area contributed by atoms with Crippen LogP contribution in [0.3, 0.4) is 0 Å². The standard InChI is InChI=1S/C15H8O4S/c16-7-13-8(4-5-20-13)10-6-12(18)14-9(15(10)19)2-1-3-11(14)17/h1-7,17H. The molecule has 1 aliphatic rings. The number of thiophene rings is 1. The van der Waals surface area contributed by atoms with E-state index in [0.29, 0.717) is 16.7 Å². The van der Waals surface area contributed by atoms with Gasteiger partial charge in [-0.2, -0.15) is 0 Å². The Kier molecular flexibility index (Phi) is 2.84. The van der Waals surface area contributed by atoms with E-state index in [1.54, 1.807) is 11.4 Å². The van der Waals surface area contributed by atoms with E-state index in [9.17, 15) is 19.5 Å². The molecule has 1 aromatic carbocycles. The smallest absolute Gasteiger partial charge is 0.194 e. The van der Waals surface area contributed by atoms with Gasteiger partial charge in [0.2, 0.25) is 0 Å². The maximum Gasteiger partial charge on any atom is 0.194 e. The van der Waals surface area contributed by atoms with Crippen LogP contribution < -0.4 is 0 Å². The lowest BCUT2D eigenvalue weighted by Gasteiger charge is -2.15. The molecule has 0 fully saturated rings. The Balaban J connectivity index is 2.21. The van der Waals surface area contributed by atoms with Crippen LogP contribution in [0.5, 0.6) is 5.75 Å². The number of carbonyl (C=O) groups is 3. The molecule has 2 aromatic rings. The summed E-state index contributed by atoms with van der Waals surface area (Å²) in [6, 6.07) is 6.01. The number of carbonyl (C=O) groups excluding carboxylic acids is 3. The van der Waals surface area contributed by atoms with Crippen molar-refractivity contribution in [3.05, 3.63) is 57.3 Å². The molecule has 1 aromatic heterocycles. The normalized spacial score (nSPS) is 13.9. The van der Waals surface area contributed by atoms with Gasteiger partial charge in [-0.1, -0.05) is 12.1 Å². The van der Waals surface area contributed by atoms with E-state index < -0.39 is 5.78 Å². The lowest BCUT2D eigenvalue weighted by Crippen LogP contribution is -2.16. The van der Waals surface area contributed by atoms with E-state index in [-0.39, 0.29) is 28.2 Å². The number of aromatic hydroxyl groups is 1. The van der Waals surface area contributed by atoms with Gasteiger partial charge >= 0.3 is 0 Å². The van der Waals surface area contributed by atoms with E-state index in [0.717, 1.165) is 0 Å². The predicted octanol–water partition coefficient (Wildman–Crippen LogP) is 2.73. The van der Waals surface area contributed by atoms with Crippen LogP contribution in [-0.2, 0) is 0 Å². The lowest BCUT2D eigenvalue weighted by molar-refractivity contribution is 0.0999. The van der Waals surface area contributed by atoms with Crippen molar-refractivity contribution >= 4 is 34.8 Å². The molecule has 0 unspecified atom stereocenters. The van der Waals surface area contributed by atoms with Gasteiger partial charge in [-0.05, 0) is 23.6 Å². The molecule has 0 bridgehead atoms. The van der Waals surface area contributed by atoms with Gasteiger partial charge in [-0.15, -0.1) is 11.3 Å². The largest absolute Gasteiger partial charge is 0.507 e. The third kappa shape index (κ3) is 1.71. The first-order valence-electron chi connectivity index (χ1n) is 5.79. The number of hydrogen-bond donors (Lipinski definition) is 1. The summed E-state index contributed by atoms with van der Waals surface area (Å²) >= 11 is 1.21. The fraction of sp³-hybridized carbons (Fsp3) is 0. The molecule has 0 spiro atoms. The number of phenolic OH excluding ortho intramolecular Hbond substituents is 1. The molecule has 5 heteroatoms. The van der Waals surface area contributed by atoms with Crippen LogP contribution in [0.2, 0.25) is 0 Å². The summed E-state index contributed by atoms with van der Waals surface area (Å²) in [6.45, 7) is 0. The maximum absolute atomic E-state index is 12.4. The average molecular weight is 284 g/mol. The van der Waals surface area contributed by atoms with Crippen LogP contribution in [0.15, 0.2) is 35.7 Å². The molecule has 0 saturated heterocycles. The molecule has 3 rings (SSSR count). The zero-order valence-corrected chi connectivity index (χ0v) is 10.9. The highest BCUT2D eigenvalue weighted by molar-refractivity contribution is 7.12. The number of allylic oxidation sites excluding steroid dienone is 2. The van der Waals surface area contributed by atoms with Gasteiger partial charge in [-0.25, -0.2) is 0 Å². The molecule has 0 radical (unpaired) electrons. The first kappa shape index (κ1) is 12.5. The summed E-state index contributed by atoms with van der Waals surface area (Å²) in [7, 11) is 0. The van der Waals surface area contributed by atoms with Gasteiger partial charge in [0.25, 0.3) is 0 Å². The summed E-state index contributed by atoms with van der Waals surface area (Å²) in [5, 5.41) is 11.4. The monoisotopic (exact) mass is 284 g/mol. The van der Waals surface area contributed by atoms with Crippen molar-refractivity contribution in [1.29, 1.82) is 0 Å². The summed E-state index contributed by atoms with van der Waals surface area (Å²) in [5.41, 5.74) is 0.827. The van der Waals surface area contributed by atoms with Crippen LogP contribution in [0.1, 0.15) is 36.0 Å². The van der Waals surface area contributed by atoms with Crippen LogP contribution >= 0.6 is 11.3 Å². The predicted molar refractivity (Wildman–Crippen MR) is 74.5 cm³/mol. The Bertz CT molecular complexity index is 783. The molecular formula is C15H8O4S. The zero-order chi connectivity index (χ0) is 14.3. The number of Topliss-reactive ketones (excluding diaryl/α,β-unsaturated/α-hetero) is 1. The Morgan fingerprint density at radius 1 is 1.10 bits per heavy atom. The van der Waals surface area contributed by atoms with Gasteiger partial charge in [0.1, 0.15) is 5.75 Å². The van der Waals surface area contributed by atoms with E-state index >= 15 is 0 Å². The molecule has 1 heterocycles. The van der Waals surface area contributed by atoms with Gasteiger partial charge in [0.15, 0.2) is 17.9 Å². The van der Waals surface area contributed by atoms with Gasteiger partial charge in [0.05, 0.1) is 10.4 Å². The van der Waals surface area contributed by atoms with Gasteiger partial charge in [-0.3, -0.25) is 14.4 Å². The molecule has 4 nitrogen and oxygen atoms in total. The van der Waals surface area contributed by atoms with Crippen LogP contribution in [0.25, 0.3) is 5.57 Å². The molecule has 98 valence electrons. The van der Waals surface area contributed by atoms with E-state index in [2.05, 4.69) is 0 Å². The fourth-order valence-electron chi connectivity index (χ4n) is 2.24. The molecular weight excluding hydrogens is 276 g/mol. The second kappa shape index (κ2) is 4.54. The van der Waals surface area contributed by atoms with Gasteiger partial charge in [0, 0.05) is 16.7 Å². The number of aldehydes is 1. The van der Waals surface area contributed by atoms with Crippen LogP contribution in [0.4, 0.5) is 0 Å². The topological polar surface area (TPSA) is 71.4 Å².